The van der Waals surface area contributed by atoms with Crippen molar-refractivity contribution in [2.75, 3.05) is 11.9 Å². The second-order valence-corrected chi connectivity index (χ2v) is 14.2. The topological polar surface area (TPSA) is 110 Å². The number of aromatic nitrogens is 5. The molecule has 9 rings (SSSR count). The number of fused-ring (bicyclic) bond motifs is 5. The largest absolute Gasteiger partial charge is 0.421 e. The van der Waals surface area contributed by atoms with E-state index in [-0.39, 0.29) is 35.6 Å². The van der Waals surface area contributed by atoms with Gasteiger partial charge in [-0.25, -0.2) is 9.37 Å². The average Bonchev–Trinajstić information content (AvgIpc) is 3.95. The molecule has 7 heterocycles. The molecule has 0 bridgehead atoms. The summed E-state index contributed by atoms with van der Waals surface area (Å²) in [7, 11) is 0. The highest BCUT2D eigenvalue weighted by atomic mass is 32.1. The molecule has 1 saturated heterocycles. The van der Waals surface area contributed by atoms with Crippen molar-refractivity contribution in [3.8, 4) is 21.9 Å². The van der Waals surface area contributed by atoms with Crippen molar-refractivity contribution in [1.29, 1.82) is 0 Å². The molecule has 0 radical (unpaired) electrons. The number of alkyl halides is 3. The van der Waals surface area contributed by atoms with Gasteiger partial charge in [0, 0.05) is 36.3 Å². The lowest BCUT2D eigenvalue weighted by Gasteiger charge is -2.16. The number of thiophene rings is 1. The van der Waals surface area contributed by atoms with Crippen LogP contribution in [0.2, 0.25) is 0 Å². The highest BCUT2D eigenvalue weighted by Crippen LogP contribution is 2.51. The van der Waals surface area contributed by atoms with Crippen molar-refractivity contribution >= 4 is 33.1 Å². The number of carbonyl (C=O) groups is 1. The Kier molecular flexibility index (Phi) is 7.42. The van der Waals surface area contributed by atoms with E-state index in [1.807, 2.05) is 17.0 Å². The van der Waals surface area contributed by atoms with Crippen LogP contribution in [0.5, 0.6) is 0 Å². The minimum Gasteiger partial charge on any atom is -0.421 e. The molecule has 1 aliphatic carbocycles. The van der Waals surface area contributed by atoms with Gasteiger partial charge in [-0.2, -0.15) is 13.2 Å². The van der Waals surface area contributed by atoms with Crippen molar-refractivity contribution in [2.24, 2.45) is 0 Å². The van der Waals surface area contributed by atoms with Crippen LogP contribution >= 0.6 is 11.3 Å². The summed E-state index contributed by atoms with van der Waals surface area (Å²) in [5.74, 6) is 0.714. The molecule has 1 unspecified atom stereocenters. The molecule has 0 saturated carbocycles. The van der Waals surface area contributed by atoms with Crippen LogP contribution in [0.3, 0.4) is 0 Å². The van der Waals surface area contributed by atoms with Crippen LogP contribution in [0.15, 0.2) is 59.3 Å². The van der Waals surface area contributed by atoms with E-state index in [0.29, 0.717) is 65.6 Å². The number of hydrogen-bond donors (Lipinski definition) is 1. The zero-order valence-corrected chi connectivity index (χ0v) is 28.0. The third-order valence-corrected chi connectivity index (χ3v) is 11.2. The lowest BCUT2D eigenvalue weighted by molar-refractivity contribution is -0.138. The van der Waals surface area contributed by atoms with E-state index in [1.54, 1.807) is 25.3 Å². The molecule has 2 aliphatic heterocycles. The Labute approximate surface area is 292 Å². The summed E-state index contributed by atoms with van der Waals surface area (Å²) in [5.41, 5.74) is 4.03. The van der Waals surface area contributed by atoms with E-state index in [2.05, 4.69) is 25.5 Å². The average molecular weight is 712 g/mol. The monoisotopic (exact) mass is 711 g/mol. The van der Waals surface area contributed by atoms with Gasteiger partial charge in [-0.3, -0.25) is 14.8 Å². The van der Waals surface area contributed by atoms with Gasteiger partial charge >= 0.3 is 6.18 Å². The molecular weight excluding hydrogens is 683 g/mol. The van der Waals surface area contributed by atoms with Crippen molar-refractivity contribution < 1.29 is 26.8 Å². The number of aryl methyl sites for hydroxylation is 3. The van der Waals surface area contributed by atoms with Gasteiger partial charge < -0.3 is 14.6 Å². The number of benzene rings is 1. The summed E-state index contributed by atoms with van der Waals surface area (Å²) in [6.45, 7) is 2.34. The third-order valence-electron chi connectivity index (χ3n) is 10.0. The van der Waals surface area contributed by atoms with Crippen molar-refractivity contribution in [2.45, 2.75) is 63.7 Å². The van der Waals surface area contributed by atoms with Gasteiger partial charge in [-0.05, 0) is 85.4 Å². The van der Waals surface area contributed by atoms with Gasteiger partial charge in [0.15, 0.2) is 0 Å². The lowest BCUT2D eigenvalue weighted by atomic mass is 9.93. The second-order valence-electron chi connectivity index (χ2n) is 13.1. The van der Waals surface area contributed by atoms with Crippen LogP contribution in [0.4, 0.5) is 23.4 Å². The molecular formula is C37H29F4N7O2S. The van der Waals surface area contributed by atoms with Crippen LogP contribution in [0.25, 0.3) is 32.0 Å². The van der Waals surface area contributed by atoms with E-state index in [1.165, 1.54) is 29.7 Å². The lowest BCUT2D eigenvalue weighted by Crippen LogP contribution is -2.22. The fourth-order valence-electron chi connectivity index (χ4n) is 7.78. The van der Waals surface area contributed by atoms with Gasteiger partial charge in [0.25, 0.3) is 5.91 Å². The van der Waals surface area contributed by atoms with Crippen LogP contribution < -0.4 is 5.32 Å². The maximum Gasteiger partial charge on any atom is 0.416 e. The van der Waals surface area contributed by atoms with Crippen molar-refractivity contribution in [1.82, 2.24) is 30.0 Å². The molecule has 5 aromatic heterocycles. The number of nitrogens with zero attached hydrogens (tertiary/aromatic N) is 6. The van der Waals surface area contributed by atoms with Crippen molar-refractivity contribution in [3.63, 3.8) is 0 Å². The first-order valence-corrected chi connectivity index (χ1v) is 17.6. The molecule has 14 heteroatoms. The number of pyridine rings is 3. The summed E-state index contributed by atoms with van der Waals surface area (Å²) < 4.78 is 61.9. The number of nitrogens with one attached hydrogen (secondary N) is 1. The van der Waals surface area contributed by atoms with Crippen LogP contribution in [0, 0.1) is 12.7 Å². The summed E-state index contributed by atoms with van der Waals surface area (Å²) in [4.78, 5) is 31.0. The second kappa shape index (κ2) is 11.9. The highest BCUT2D eigenvalue weighted by Gasteiger charge is 2.45. The van der Waals surface area contributed by atoms with E-state index < -0.39 is 17.8 Å². The molecule has 1 aromatic carbocycles. The maximum absolute atomic E-state index is 14.2. The van der Waals surface area contributed by atoms with Gasteiger partial charge in [0.05, 0.1) is 50.6 Å². The molecule has 6 aromatic rings. The number of amides is 1. The normalized spacial score (nSPS) is 18.1. The fraction of sp³-hybridized carbons (Fsp3) is 0.297. The zero-order valence-electron chi connectivity index (χ0n) is 27.2. The summed E-state index contributed by atoms with van der Waals surface area (Å²) in [6, 6.07) is 10.7. The van der Waals surface area contributed by atoms with Gasteiger partial charge in [-0.15, -0.1) is 21.5 Å². The molecule has 2 atom stereocenters. The van der Waals surface area contributed by atoms with E-state index in [0.717, 1.165) is 45.1 Å². The van der Waals surface area contributed by atoms with E-state index in [9.17, 15) is 22.4 Å². The number of rotatable bonds is 7. The minimum absolute atomic E-state index is 0.0967. The fourth-order valence-corrected chi connectivity index (χ4v) is 8.94. The Morgan fingerprint density at radius 2 is 1.80 bits per heavy atom. The molecule has 1 amide bonds. The zero-order chi connectivity index (χ0) is 35.0. The van der Waals surface area contributed by atoms with Crippen LogP contribution in [0.1, 0.15) is 81.4 Å². The summed E-state index contributed by atoms with van der Waals surface area (Å²) >= 11 is 1.43. The minimum atomic E-state index is -4.47. The quantitative estimate of drug-likeness (QED) is 0.164. The third kappa shape index (κ3) is 5.34. The Hall–Kier alpha value is -5.24. The van der Waals surface area contributed by atoms with Crippen LogP contribution in [-0.2, 0) is 25.4 Å². The van der Waals surface area contributed by atoms with Crippen molar-refractivity contribution in [3.05, 3.63) is 106 Å². The predicted molar refractivity (Wildman–Crippen MR) is 182 cm³/mol. The Morgan fingerprint density at radius 1 is 0.980 bits per heavy atom. The molecule has 258 valence electrons. The van der Waals surface area contributed by atoms with Gasteiger partial charge in [0.1, 0.15) is 11.6 Å². The molecule has 3 aliphatic rings. The number of hydrogen-bond acceptors (Lipinski definition) is 9. The van der Waals surface area contributed by atoms with Crippen LogP contribution in [-0.4, -0.2) is 42.5 Å². The number of anilines is 1. The van der Waals surface area contributed by atoms with Gasteiger partial charge in [-0.1, -0.05) is 12.1 Å². The first-order chi connectivity index (χ1) is 24.6. The number of carbonyl (C=O) groups excluding carboxylic acids is 1. The maximum atomic E-state index is 14.2. The summed E-state index contributed by atoms with van der Waals surface area (Å²) in [5, 5.41) is 12.8. The Balaban J connectivity index is 1.19. The van der Waals surface area contributed by atoms with Gasteiger partial charge in [0.2, 0.25) is 11.8 Å². The molecule has 1 fully saturated rings. The molecule has 1 N–H and O–H groups in total. The Bertz CT molecular complexity index is 2350. The van der Waals surface area contributed by atoms with E-state index in [4.69, 9.17) is 9.40 Å². The Morgan fingerprint density at radius 3 is 2.59 bits per heavy atom. The standard InChI is InChI=1S/C37H29F4N7O2S/c1-18-46-47-35(50-18)28-24(10-6-19-4-7-21(38)8-5-19)44-32-26-3-2-16-48(26)36(49)30(32)29(28)27-17-20-12-14-43-34(33(20)51-27)45-25-11-9-22-23(37(39,40)41)13-15-42-31(22)25/h4-5,7-8,12-15,17,25-26H,2-3,6,9-11,16H2,1H3,(H,43,45)/t25-,26?/m0/s1. The first kappa shape index (κ1) is 31.7. The van der Waals surface area contributed by atoms with E-state index >= 15 is 0 Å². The smallest absolute Gasteiger partial charge is 0.416 e. The highest BCUT2D eigenvalue weighted by molar-refractivity contribution is 7.23. The number of halogens is 4. The summed E-state index contributed by atoms with van der Waals surface area (Å²) in [6.07, 6.45) is 1.81. The molecule has 0 spiro atoms. The SMILES string of the molecule is Cc1nnc(-c2c(CCc3ccc(F)cc3)nc3c(c2-c2cc4ccnc(N[C@H]5CCc6c(C(F)(F)F)ccnc65)c4s2)C(=O)N2CCCC32)o1. The molecule has 9 nitrogen and oxygen atoms in total. The first-order valence-electron chi connectivity index (χ1n) is 16.8. The molecule has 51 heavy (non-hydrogen) atoms. The predicted octanol–water partition coefficient (Wildman–Crippen LogP) is 8.44.